The van der Waals surface area contributed by atoms with E-state index in [0.29, 0.717) is 26.6 Å². The summed E-state index contributed by atoms with van der Waals surface area (Å²) in [6.07, 6.45) is 0. The molecule has 0 radical (unpaired) electrons. The van der Waals surface area contributed by atoms with Crippen molar-refractivity contribution in [3.8, 4) is 23.0 Å². The van der Waals surface area contributed by atoms with E-state index in [1.807, 2.05) is 31.2 Å². The Kier molecular flexibility index (Phi) is 8.67. The third-order valence-electron chi connectivity index (χ3n) is 4.97. The van der Waals surface area contributed by atoms with E-state index in [1.54, 1.807) is 0 Å². The lowest BCUT2D eigenvalue weighted by Gasteiger charge is -2.16. The summed E-state index contributed by atoms with van der Waals surface area (Å²) in [5, 5.41) is 3.47. The van der Waals surface area contributed by atoms with Crippen molar-refractivity contribution in [3.05, 3.63) is 81.3 Å². The van der Waals surface area contributed by atoms with Crippen molar-refractivity contribution in [2.24, 2.45) is 0 Å². The maximum Gasteiger partial charge on any atom is 0.231 e. The monoisotopic (exact) mass is 519 g/mol. The Morgan fingerprint density at radius 3 is 2.38 bits per heavy atom. The van der Waals surface area contributed by atoms with E-state index in [-0.39, 0.29) is 12.4 Å². The molecule has 7 heteroatoms. The highest BCUT2D eigenvalue weighted by atomic mass is 79.9. The van der Waals surface area contributed by atoms with Crippen molar-refractivity contribution >= 4 is 28.3 Å². The van der Waals surface area contributed by atoms with Gasteiger partial charge in [-0.1, -0.05) is 35.9 Å². The van der Waals surface area contributed by atoms with Crippen LogP contribution in [0.1, 0.15) is 29.2 Å². The van der Waals surface area contributed by atoms with E-state index in [1.165, 1.54) is 5.56 Å². The van der Waals surface area contributed by atoms with Gasteiger partial charge in [0.1, 0.15) is 6.61 Å². The lowest BCUT2D eigenvalue weighted by molar-refractivity contribution is 0.174. The first-order valence-electron chi connectivity index (χ1n) is 10.3. The maximum absolute atomic E-state index is 6.10. The minimum Gasteiger partial charge on any atom is -0.490 e. The highest BCUT2D eigenvalue weighted by Crippen LogP contribution is 2.37. The molecule has 3 aromatic rings. The van der Waals surface area contributed by atoms with Gasteiger partial charge in [0.15, 0.2) is 23.0 Å². The summed E-state index contributed by atoms with van der Waals surface area (Å²) in [6, 6.07) is 18.4. The Bertz CT molecular complexity index is 1040. The summed E-state index contributed by atoms with van der Waals surface area (Å²) in [4.78, 5) is 0. The van der Waals surface area contributed by atoms with Gasteiger partial charge in [-0.3, -0.25) is 0 Å². The number of nitrogens with one attached hydrogen (secondary N) is 1. The van der Waals surface area contributed by atoms with Crippen LogP contribution in [0.2, 0.25) is 0 Å². The van der Waals surface area contributed by atoms with Gasteiger partial charge in [0.25, 0.3) is 0 Å². The van der Waals surface area contributed by atoms with Gasteiger partial charge in [-0.05, 0) is 70.7 Å². The van der Waals surface area contributed by atoms with Crippen LogP contribution in [-0.4, -0.2) is 13.4 Å². The molecule has 0 spiro atoms. The van der Waals surface area contributed by atoms with Gasteiger partial charge in [-0.25, -0.2) is 0 Å². The molecule has 170 valence electrons. The Hall–Kier alpha value is -2.41. The second kappa shape index (κ2) is 11.5. The third-order valence-corrected chi connectivity index (χ3v) is 5.56. The molecule has 0 saturated carbocycles. The number of aryl methyl sites for hydroxylation is 1. The summed E-state index contributed by atoms with van der Waals surface area (Å²) in [5.74, 6) is 3.07. The number of rotatable bonds is 9. The summed E-state index contributed by atoms with van der Waals surface area (Å²) in [6.45, 7) is 6.83. The molecule has 0 amide bonds. The van der Waals surface area contributed by atoms with Gasteiger partial charge in [-0.2, -0.15) is 0 Å². The number of benzene rings is 3. The molecule has 1 N–H and O–H groups in total. The highest BCUT2D eigenvalue weighted by molar-refractivity contribution is 9.10. The minimum atomic E-state index is 0. The third kappa shape index (κ3) is 6.09. The largest absolute Gasteiger partial charge is 0.490 e. The molecule has 32 heavy (non-hydrogen) atoms. The Morgan fingerprint density at radius 2 is 1.59 bits per heavy atom. The average Bonchev–Trinajstić information content (AvgIpc) is 3.23. The number of hydrogen-bond acceptors (Lipinski definition) is 5. The predicted molar refractivity (Wildman–Crippen MR) is 131 cm³/mol. The fraction of sp³-hybridized carbons (Fsp3) is 0.280. The molecule has 5 nitrogen and oxygen atoms in total. The molecule has 0 aliphatic carbocycles. The summed E-state index contributed by atoms with van der Waals surface area (Å²) in [5.41, 5.74) is 4.61. The predicted octanol–water partition coefficient (Wildman–Crippen LogP) is 6.18. The molecule has 4 rings (SSSR count). The van der Waals surface area contributed by atoms with Crippen molar-refractivity contribution in [2.75, 3.05) is 13.4 Å². The topological polar surface area (TPSA) is 49.0 Å². The lowest BCUT2D eigenvalue weighted by atomic mass is 10.1. The van der Waals surface area contributed by atoms with Crippen molar-refractivity contribution in [1.29, 1.82) is 0 Å². The quantitative estimate of drug-likeness (QED) is 0.365. The van der Waals surface area contributed by atoms with Gasteiger partial charge < -0.3 is 24.3 Å². The summed E-state index contributed by atoms with van der Waals surface area (Å²) in [7, 11) is 0. The number of fused-ring (bicyclic) bond motifs is 1. The normalized spacial score (nSPS) is 11.7. The van der Waals surface area contributed by atoms with Crippen LogP contribution in [0, 0.1) is 6.92 Å². The zero-order chi connectivity index (χ0) is 21.6. The van der Waals surface area contributed by atoms with Crippen molar-refractivity contribution in [2.45, 2.75) is 33.5 Å². The van der Waals surface area contributed by atoms with Gasteiger partial charge in [0, 0.05) is 13.1 Å². The SMILES string of the molecule is CCOc1cc(CNCc2ccc3c(c2)OCO3)cc(Br)c1OCc1ccc(C)cc1.Cl. The van der Waals surface area contributed by atoms with Gasteiger partial charge in [0.2, 0.25) is 6.79 Å². The first-order valence-corrected chi connectivity index (χ1v) is 11.1. The Labute approximate surface area is 203 Å². The first-order chi connectivity index (χ1) is 15.1. The molecular weight excluding hydrogens is 494 g/mol. The van der Waals surface area contributed by atoms with Crippen LogP contribution in [0.25, 0.3) is 0 Å². The van der Waals surface area contributed by atoms with E-state index < -0.39 is 0 Å². The Balaban J connectivity index is 0.00000289. The summed E-state index contributed by atoms with van der Waals surface area (Å²) < 4.78 is 23.7. The van der Waals surface area contributed by atoms with E-state index in [0.717, 1.165) is 50.7 Å². The fourth-order valence-electron chi connectivity index (χ4n) is 3.37. The van der Waals surface area contributed by atoms with Gasteiger partial charge in [0.05, 0.1) is 11.1 Å². The highest BCUT2D eigenvalue weighted by Gasteiger charge is 2.14. The molecule has 0 atom stereocenters. The molecule has 0 unspecified atom stereocenters. The Morgan fingerprint density at radius 1 is 0.875 bits per heavy atom. The molecule has 0 fully saturated rings. The molecule has 0 bridgehead atoms. The number of ether oxygens (including phenoxy) is 4. The minimum absolute atomic E-state index is 0. The fourth-order valence-corrected chi connectivity index (χ4v) is 3.97. The number of hydrogen-bond donors (Lipinski definition) is 1. The molecule has 1 heterocycles. The van der Waals surface area contributed by atoms with Crippen LogP contribution in [-0.2, 0) is 19.7 Å². The van der Waals surface area contributed by atoms with Crippen LogP contribution >= 0.6 is 28.3 Å². The molecule has 1 aliphatic heterocycles. The summed E-state index contributed by atoms with van der Waals surface area (Å²) >= 11 is 3.66. The van der Waals surface area contributed by atoms with E-state index in [9.17, 15) is 0 Å². The smallest absolute Gasteiger partial charge is 0.231 e. The van der Waals surface area contributed by atoms with Crippen molar-refractivity contribution in [1.82, 2.24) is 5.32 Å². The lowest BCUT2D eigenvalue weighted by Crippen LogP contribution is -2.13. The van der Waals surface area contributed by atoms with Crippen LogP contribution < -0.4 is 24.3 Å². The maximum atomic E-state index is 6.10. The van der Waals surface area contributed by atoms with E-state index >= 15 is 0 Å². The van der Waals surface area contributed by atoms with Crippen molar-refractivity contribution in [3.63, 3.8) is 0 Å². The molecule has 3 aromatic carbocycles. The molecule has 0 aromatic heterocycles. The van der Waals surface area contributed by atoms with Crippen LogP contribution in [0.5, 0.6) is 23.0 Å². The first kappa shape index (κ1) is 24.2. The van der Waals surface area contributed by atoms with E-state index in [2.05, 4.69) is 58.5 Å². The van der Waals surface area contributed by atoms with Crippen LogP contribution in [0.3, 0.4) is 0 Å². The molecule has 1 aliphatic rings. The zero-order valence-electron chi connectivity index (χ0n) is 18.2. The van der Waals surface area contributed by atoms with Gasteiger partial charge >= 0.3 is 0 Å². The molecular formula is C25H27BrClNO4. The van der Waals surface area contributed by atoms with Crippen molar-refractivity contribution < 1.29 is 18.9 Å². The van der Waals surface area contributed by atoms with E-state index in [4.69, 9.17) is 18.9 Å². The number of halogens is 2. The second-order valence-corrected chi connectivity index (χ2v) is 8.26. The van der Waals surface area contributed by atoms with Gasteiger partial charge in [-0.15, -0.1) is 12.4 Å². The van der Waals surface area contributed by atoms with Crippen LogP contribution in [0.15, 0.2) is 59.1 Å². The zero-order valence-corrected chi connectivity index (χ0v) is 20.6. The molecule has 0 saturated heterocycles. The second-order valence-electron chi connectivity index (χ2n) is 7.40. The van der Waals surface area contributed by atoms with Crippen LogP contribution in [0.4, 0.5) is 0 Å². The standard InChI is InChI=1S/C25H26BrNO4.ClH/c1-3-28-24-12-20(14-27-13-19-8-9-22-23(11-19)31-16-30-22)10-21(26)25(24)29-15-18-6-4-17(2)5-7-18;/h4-12,27H,3,13-16H2,1-2H3;1H. The average molecular weight is 521 g/mol.